The number of rotatable bonds is 4. The molecule has 0 saturated heterocycles. The van der Waals surface area contributed by atoms with Gasteiger partial charge in [0.1, 0.15) is 5.56 Å². The highest BCUT2D eigenvalue weighted by Gasteiger charge is 2.16. The van der Waals surface area contributed by atoms with Crippen LogP contribution in [0.4, 0.5) is 4.39 Å². The molecular formula is C10H11FO4. The van der Waals surface area contributed by atoms with Crippen LogP contribution in [0.3, 0.4) is 0 Å². The van der Waals surface area contributed by atoms with Crippen molar-refractivity contribution in [3.8, 4) is 5.75 Å². The van der Waals surface area contributed by atoms with Crippen LogP contribution in [0.1, 0.15) is 15.9 Å². The van der Waals surface area contributed by atoms with E-state index in [1.807, 2.05) is 0 Å². The first kappa shape index (κ1) is 11.5. The molecule has 4 nitrogen and oxygen atoms in total. The molecule has 1 aromatic carbocycles. The second kappa shape index (κ2) is 4.75. The van der Waals surface area contributed by atoms with Gasteiger partial charge in [0.15, 0.2) is 11.6 Å². The fourth-order valence-corrected chi connectivity index (χ4v) is 1.27. The third-order valence-electron chi connectivity index (χ3n) is 1.85. The van der Waals surface area contributed by atoms with Crippen molar-refractivity contribution in [2.24, 2.45) is 0 Å². The lowest BCUT2D eigenvalue weighted by Crippen LogP contribution is -2.04. The number of ether oxygens (including phenoxy) is 2. The Bertz CT molecular complexity index is 376. The summed E-state index contributed by atoms with van der Waals surface area (Å²) in [7, 11) is 2.67. The van der Waals surface area contributed by atoms with Gasteiger partial charge in [0.05, 0.1) is 13.7 Å². The van der Waals surface area contributed by atoms with E-state index in [1.165, 1.54) is 26.4 Å². The highest BCUT2D eigenvalue weighted by atomic mass is 19.1. The van der Waals surface area contributed by atoms with Gasteiger partial charge in [-0.3, -0.25) is 0 Å². The monoisotopic (exact) mass is 214 g/mol. The van der Waals surface area contributed by atoms with Crippen LogP contribution in [-0.4, -0.2) is 25.3 Å². The third kappa shape index (κ3) is 2.44. The molecule has 0 bridgehead atoms. The average Bonchev–Trinajstić information content (AvgIpc) is 2.17. The van der Waals surface area contributed by atoms with Crippen molar-refractivity contribution in [2.75, 3.05) is 14.2 Å². The van der Waals surface area contributed by atoms with Crippen molar-refractivity contribution in [1.82, 2.24) is 0 Å². The Labute approximate surface area is 86.2 Å². The Kier molecular flexibility index (Phi) is 3.62. The SMILES string of the molecule is COCc1cc(F)c(OC)c(C(=O)O)c1. The molecule has 1 aromatic rings. The van der Waals surface area contributed by atoms with E-state index in [0.717, 1.165) is 0 Å². The van der Waals surface area contributed by atoms with Gasteiger partial charge in [-0.25, -0.2) is 9.18 Å². The molecule has 0 atom stereocenters. The molecule has 5 heteroatoms. The number of benzene rings is 1. The van der Waals surface area contributed by atoms with Gasteiger partial charge >= 0.3 is 5.97 Å². The molecule has 0 radical (unpaired) electrons. The second-order valence-electron chi connectivity index (χ2n) is 2.90. The van der Waals surface area contributed by atoms with Crippen molar-refractivity contribution < 1.29 is 23.8 Å². The van der Waals surface area contributed by atoms with Gasteiger partial charge in [0.25, 0.3) is 0 Å². The maximum Gasteiger partial charge on any atom is 0.339 e. The minimum Gasteiger partial charge on any atom is -0.493 e. The molecule has 0 aliphatic carbocycles. The van der Waals surface area contributed by atoms with Crippen LogP contribution >= 0.6 is 0 Å². The highest BCUT2D eigenvalue weighted by Crippen LogP contribution is 2.24. The maximum absolute atomic E-state index is 13.4. The van der Waals surface area contributed by atoms with E-state index < -0.39 is 11.8 Å². The minimum absolute atomic E-state index is 0.154. The Balaban J connectivity index is 3.25. The Morgan fingerprint density at radius 2 is 2.13 bits per heavy atom. The van der Waals surface area contributed by atoms with Gasteiger partial charge in [-0.1, -0.05) is 0 Å². The Morgan fingerprint density at radius 1 is 1.47 bits per heavy atom. The normalized spacial score (nSPS) is 10.1. The average molecular weight is 214 g/mol. The van der Waals surface area contributed by atoms with Crippen molar-refractivity contribution in [2.45, 2.75) is 6.61 Å². The summed E-state index contributed by atoms with van der Waals surface area (Å²) < 4.78 is 22.8. The number of methoxy groups -OCH3 is 2. The van der Waals surface area contributed by atoms with Crippen LogP contribution in [0.2, 0.25) is 0 Å². The number of hydrogen-bond acceptors (Lipinski definition) is 3. The van der Waals surface area contributed by atoms with Gasteiger partial charge in [-0.05, 0) is 17.7 Å². The fourth-order valence-electron chi connectivity index (χ4n) is 1.27. The van der Waals surface area contributed by atoms with E-state index >= 15 is 0 Å². The zero-order valence-corrected chi connectivity index (χ0v) is 8.41. The minimum atomic E-state index is -1.23. The van der Waals surface area contributed by atoms with E-state index in [2.05, 4.69) is 4.74 Å². The third-order valence-corrected chi connectivity index (χ3v) is 1.85. The molecule has 0 aliphatic rings. The molecule has 0 unspecified atom stereocenters. The Morgan fingerprint density at radius 3 is 2.60 bits per heavy atom. The predicted molar refractivity (Wildman–Crippen MR) is 50.6 cm³/mol. The van der Waals surface area contributed by atoms with Crippen LogP contribution in [0, 0.1) is 5.82 Å². The lowest BCUT2D eigenvalue weighted by atomic mass is 10.1. The number of carbonyl (C=O) groups is 1. The lowest BCUT2D eigenvalue weighted by Gasteiger charge is -2.08. The number of aromatic carboxylic acids is 1. The summed E-state index contributed by atoms with van der Waals surface area (Å²) in [6.07, 6.45) is 0. The summed E-state index contributed by atoms with van der Waals surface area (Å²) in [6.45, 7) is 0.154. The molecule has 0 aromatic heterocycles. The molecule has 0 heterocycles. The molecule has 0 amide bonds. The summed E-state index contributed by atoms with van der Waals surface area (Å²) in [6, 6.07) is 2.52. The first-order valence-electron chi connectivity index (χ1n) is 4.18. The predicted octanol–water partition coefficient (Wildman–Crippen LogP) is 1.68. The van der Waals surface area contributed by atoms with Crippen LogP contribution < -0.4 is 4.74 Å². The Hall–Kier alpha value is -1.62. The second-order valence-corrected chi connectivity index (χ2v) is 2.90. The van der Waals surface area contributed by atoms with E-state index in [4.69, 9.17) is 9.84 Å². The topological polar surface area (TPSA) is 55.8 Å². The van der Waals surface area contributed by atoms with Crippen LogP contribution in [0.25, 0.3) is 0 Å². The number of carboxylic acids is 1. The molecule has 0 fully saturated rings. The smallest absolute Gasteiger partial charge is 0.339 e. The quantitative estimate of drug-likeness (QED) is 0.828. The van der Waals surface area contributed by atoms with Crippen molar-refractivity contribution in [3.05, 3.63) is 29.1 Å². The number of halogens is 1. The van der Waals surface area contributed by atoms with E-state index in [-0.39, 0.29) is 17.9 Å². The zero-order chi connectivity index (χ0) is 11.4. The molecule has 0 aliphatic heterocycles. The molecule has 15 heavy (non-hydrogen) atoms. The molecule has 0 spiro atoms. The number of carboxylic acid groups (broad SMARTS) is 1. The van der Waals surface area contributed by atoms with Crippen LogP contribution in [0.15, 0.2) is 12.1 Å². The van der Waals surface area contributed by atoms with Crippen molar-refractivity contribution >= 4 is 5.97 Å². The van der Waals surface area contributed by atoms with E-state index in [0.29, 0.717) is 5.56 Å². The van der Waals surface area contributed by atoms with Gasteiger partial charge in [0.2, 0.25) is 0 Å². The molecular weight excluding hydrogens is 203 g/mol. The maximum atomic E-state index is 13.4. The molecule has 82 valence electrons. The largest absolute Gasteiger partial charge is 0.493 e. The fraction of sp³-hybridized carbons (Fsp3) is 0.300. The molecule has 0 saturated carbocycles. The zero-order valence-electron chi connectivity index (χ0n) is 8.41. The molecule has 1 N–H and O–H groups in total. The summed E-state index contributed by atoms with van der Waals surface area (Å²) in [5, 5.41) is 8.83. The summed E-state index contributed by atoms with van der Waals surface area (Å²) in [5.74, 6) is -2.20. The van der Waals surface area contributed by atoms with Crippen LogP contribution in [-0.2, 0) is 11.3 Å². The van der Waals surface area contributed by atoms with Gasteiger partial charge in [-0.15, -0.1) is 0 Å². The number of hydrogen-bond donors (Lipinski definition) is 1. The van der Waals surface area contributed by atoms with Gasteiger partial charge in [0, 0.05) is 7.11 Å². The van der Waals surface area contributed by atoms with Gasteiger partial charge < -0.3 is 14.6 Å². The van der Waals surface area contributed by atoms with Crippen molar-refractivity contribution in [1.29, 1.82) is 0 Å². The summed E-state index contributed by atoms with van der Waals surface area (Å²) >= 11 is 0. The van der Waals surface area contributed by atoms with E-state index in [1.54, 1.807) is 0 Å². The van der Waals surface area contributed by atoms with Gasteiger partial charge in [-0.2, -0.15) is 0 Å². The summed E-state index contributed by atoms with van der Waals surface area (Å²) in [5.41, 5.74) is 0.248. The highest BCUT2D eigenvalue weighted by molar-refractivity contribution is 5.91. The van der Waals surface area contributed by atoms with Crippen LogP contribution in [0.5, 0.6) is 5.75 Å². The van der Waals surface area contributed by atoms with E-state index in [9.17, 15) is 9.18 Å². The molecule has 1 rings (SSSR count). The summed E-state index contributed by atoms with van der Waals surface area (Å²) in [4.78, 5) is 10.8. The standard InChI is InChI=1S/C10H11FO4/c1-14-5-6-3-7(10(12)13)9(15-2)8(11)4-6/h3-4H,5H2,1-2H3,(H,12,13). The lowest BCUT2D eigenvalue weighted by molar-refractivity contribution is 0.0692. The van der Waals surface area contributed by atoms with Crippen molar-refractivity contribution in [3.63, 3.8) is 0 Å². The first-order valence-corrected chi connectivity index (χ1v) is 4.18. The first-order chi connectivity index (χ1) is 7.10.